The van der Waals surface area contributed by atoms with Gasteiger partial charge in [-0.1, -0.05) is 0 Å². The Bertz CT molecular complexity index is 253. The minimum atomic E-state index is -2.74. The predicted molar refractivity (Wildman–Crippen MR) is 40.4 cm³/mol. The summed E-state index contributed by atoms with van der Waals surface area (Å²) < 4.78 is 0. The molecule has 16 heavy (non-hydrogen) atoms. The van der Waals surface area contributed by atoms with Crippen LogP contribution in [0.25, 0.3) is 0 Å². The molecule has 0 aromatic heterocycles. The fourth-order valence-corrected chi connectivity index (χ4v) is 0.714. The molecule has 0 spiro atoms. The van der Waals surface area contributed by atoms with Gasteiger partial charge < -0.3 is 21.9 Å². The molecule has 0 aliphatic carbocycles. The molecule has 0 radical (unpaired) electrons. The third kappa shape index (κ3) is 11.1. The van der Waals surface area contributed by atoms with Crippen LogP contribution in [-0.4, -0.2) is 43.9 Å². The van der Waals surface area contributed by atoms with Crippen molar-refractivity contribution in [2.24, 2.45) is 0 Å². The molecular formula is C6H11KNa2O7+4. The summed E-state index contributed by atoms with van der Waals surface area (Å²) in [5.74, 6) is -5.02. The van der Waals surface area contributed by atoms with Gasteiger partial charge in [0.25, 0.3) is 0 Å². The third-order valence-electron chi connectivity index (χ3n) is 1.29. The number of aliphatic carboxylic acids is 3. The van der Waals surface area contributed by atoms with Gasteiger partial charge in [0, 0.05) is 0 Å². The summed E-state index contributed by atoms with van der Waals surface area (Å²) in [6.07, 6.45) is -2.29. The van der Waals surface area contributed by atoms with E-state index < -0.39 is 36.4 Å². The molecule has 0 atom stereocenters. The van der Waals surface area contributed by atoms with Gasteiger partial charge in [-0.3, -0.25) is 9.59 Å². The van der Waals surface area contributed by atoms with Crippen LogP contribution in [0.3, 0.4) is 0 Å². The zero-order valence-electron chi connectivity index (χ0n) is 12.4. The van der Waals surface area contributed by atoms with Crippen LogP contribution in [0.1, 0.15) is 17.1 Å². The van der Waals surface area contributed by atoms with E-state index in [4.69, 9.17) is 20.4 Å². The molecule has 7 nitrogen and oxygen atoms in total. The van der Waals surface area contributed by atoms with E-state index >= 15 is 0 Å². The largest absolute Gasteiger partial charge is 1.00 e. The van der Waals surface area contributed by atoms with Gasteiger partial charge in [-0.2, -0.15) is 0 Å². The van der Waals surface area contributed by atoms with Crippen molar-refractivity contribution in [3.8, 4) is 0 Å². The number of aliphatic hydroxyl groups is 1. The average molecular weight is 280 g/mol. The summed E-state index contributed by atoms with van der Waals surface area (Å²) in [6, 6.07) is 0. The number of hydrogen-bond acceptors (Lipinski definition) is 4. The molecule has 0 saturated heterocycles. The Labute approximate surface area is 182 Å². The summed E-state index contributed by atoms with van der Waals surface area (Å²) in [5, 5.41) is 33.8. The normalized spacial score (nSPS) is 8.81. The van der Waals surface area contributed by atoms with Crippen LogP contribution in [0.4, 0.5) is 0 Å². The van der Waals surface area contributed by atoms with E-state index in [0.29, 0.717) is 0 Å². The van der Waals surface area contributed by atoms with E-state index in [1.807, 2.05) is 0 Å². The van der Waals surface area contributed by atoms with Gasteiger partial charge >= 0.3 is 131 Å². The summed E-state index contributed by atoms with van der Waals surface area (Å²) in [6.45, 7) is 0. The summed E-state index contributed by atoms with van der Waals surface area (Å²) in [5.41, 5.74) is -2.74. The van der Waals surface area contributed by atoms with Crippen LogP contribution in [0.15, 0.2) is 0 Å². The fourth-order valence-electron chi connectivity index (χ4n) is 0.714. The maximum atomic E-state index is 10.3. The van der Waals surface area contributed by atoms with Crippen molar-refractivity contribution in [2.45, 2.75) is 18.4 Å². The van der Waals surface area contributed by atoms with Gasteiger partial charge in [-0.25, -0.2) is 4.79 Å². The van der Waals surface area contributed by atoms with Crippen molar-refractivity contribution < 1.29 is 150 Å². The van der Waals surface area contributed by atoms with E-state index in [1.54, 1.807) is 0 Å². The van der Waals surface area contributed by atoms with Crippen LogP contribution in [0, 0.1) is 0 Å². The second kappa shape index (κ2) is 12.1. The monoisotopic (exact) mass is 280 g/mol. The quantitative estimate of drug-likeness (QED) is 0.368. The Morgan fingerprint density at radius 3 is 1.38 bits per heavy atom. The molecule has 0 amide bonds. The first-order valence-electron chi connectivity index (χ1n) is 3.17. The van der Waals surface area contributed by atoms with E-state index in [9.17, 15) is 14.4 Å². The Kier molecular flexibility index (Phi) is 20.0. The van der Waals surface area contributed by atoms with Gasteiger partial charge in [-0.15, -0.1) is 0 Å². The van der Waals surface area contributed by atoms with E-state index in [-0.39, 0.29) is 115 Å². The standard InChI is InChI=1S/C6H8O7.K.2Na.H/c7-3(8)1-6(13,5(11)12)2-4(9)10;;;;/h13H,1-2H2,(H,7,8)(H,9,10)(H,11,12);;;;/q;3*+1;-1/p+2. The Balaban J connectivity index is -0.0000000480. The zero-order chi connectivity index (χ0) is 10.6. The first-order valence-corrected chi connectivity index (χ1v) is 3.17. The van der Waals surface area contributed by atoms with Crippen LogP contribution in [-0.2, 0) is 14.4 Å². The average Bonchev–Trinajstić information content (AvgIpc) is 1.82. The van der Waals surface area contributed by atoms with E-state index in [1.165, 1.54) is 0 Å². The molecule has 0 aliphatic heterocycles. The predicted octanol–water partition coefficient (Wildman–Crippen LogP) is -9.90. The zero-order valence-corrected chi connectivity index (χ0v) is 16.6. The molecule has 0 aromatic rings. The van der Waals surface area contributed by atoms with Crippen LogP contribution in [0.2, 0.25) is 0 Å². The van der Waals surface area contributed by atoms with Crippen LogP contribution in [0.5, 0.6) is 0 Å². The molecular weight excluding hydrogens is 269 g/mol. The van der Waals surface area contributed by atoms with Crippen LogP contribution >= 0.6 is 0 Å². The van der Waals surface area contributed by atoms with Gasteiger partial charge in [-0.05, 0) is 0 Å². The fraction of sp³-hybridized carbons (Fsp3) is 0.500. The molecule has 0 rings (SSSR count). The molecule has 0 unspecified atom stereocenters. The van der Waals surface area contributed by atoms with Crippen molar-refractivity contribution >= 4 is 17.9 Å². The van der Waals surface area contributed by atoms with Crippen LogP contribution < -0.4 is 110 Å². The van der Waals surface area contributed by atoms with Crippen molar-refractivity contribution in [1.29, 1.82) is 0 Å². The second-order valence-electron chi connectivity index (χ2n) is 2.48. The minimum absolute atomic E-state index is 0. The van der Waals surface area contributed by atoms with Crippen molar-refractivity contribution in [3.05, 3.63) is 0 Å². The minimum Gasteiger partial charge on any atom is -1.00 e. The van der Waals surface area contributed by atoms with Gasteiger partial charge in [0.1, 0.15) is 0 Å². The van der Waals surface area contributed by atoms with Gasteiger partial charge in [0.15, 0.2) is 5.60 Å². The van der Waals surface area contributed by atoms with Crippen molar-refractivity contribution in [2.75, 3.05) is 0 Å². The summed E-state index contributed by atoms with van der Waals surface area (Å²) in [4.78, 5) is 30.5. The van der Waals surface area contributed by atoms with Gasteiger partial charge in [0.2, 0.25) is 0 Å². The molecule has 0 aromatic carbocycles. The molecule has 76 valence electrons. The number of carboxylic acid groups (broad SMARTS) is 3. The molecule has 0 aliphatic rings. The first-order chi connectivity index (χ1) is 5.78. The Morgan fingerprint density at radius 2 is 1.25 bits per heavy atom. The molecule has 0 heterocycles. The molecule has 10 heteroatoms. The summed E-state index contributed by atoms with van der Waals surface area (Å²) in [7, 11) is 0. The summed E-state index contributed by atoms with van der Waals surface area (Å²) >= 11 is 0. The smallest absolute Gasteiger partial charge is 1.00 e. The second-order valence-corrected chi connectivity index (χ2v) is 2.48. The topological polar surface area (TPSA) is 132 Å². The first kappa shape index (κ1) is 26.5. The van der Waals surface area contributed by atoms with E-state index in [2.05, 4.69) is 0 Å². The number of rotatable bonds is 5. The maximum absolute atomic E-state index is 10.3. The maximum Gasteiger partial charge on any atom is 1.00 e. The SMILES string of the molecule is O=C(O)CC(O)(CC(=O)O)C(=O)O.[H+].[H+].[H-].[K+].[Na+].[Na+]. The van der Waals surface area contributed by atoms with Crippen molar-refractivity contribution in [1.82, 2.24) is 0 Å². The molecule has 0 bridgehead atoms. The molecule has 0 fully saturated rings. The van der Waals surface area contributed by atoms with Gasteiger partial charge in [0.05, 0.1) is 12.8 Å². The van der Waals surface area contributed by atoms with Crippen molar-refractivity contribution in [3.63, 3.8) is 0 Å². The molecule has 0 saturated carbocycles. The third-order valence-corrected chi connectivity index (χ3v) is 1.29. The number of hydrogen-bond donors (Lipinski definition) is 4. The number of carboxylic acids is 3. The van der Waals surface area contributed by atoms with E-state index in [0.717, 1.165) is 0 Å². The number of carbonyl (C=O) groups is 3. The Morgan fingerprint density at radius 1 is 1.00 bits per heavy atom. The Hall–Kier alpha value is 2.01. The molecule has 4 N–H and O–H groups in total.